The smallest absolute Gasteiger partial charge is 0.203 e. The summed E-state index contributed by atoms with van der Waals surface area (Å²) in [5.74, 6) is 3.27. The molecule has 1 aliphatic rings. The molecule has 0 aromatic carbocycles. The van der Waals surface area contributed by atoms with Gasteiger partial charge in [-0.15, -0.1) is 0 Å². The van der Waals surface area contributed by atoms with E-state index in [1.54, 1.807) is 0 Å². The normalized spacial score (nSPS) is 27.8. The maximum atomic E-state index is 4.67. The SMILES string of the molecule is Cc1cn(C2CCCC(C)C2C)c(NCC(C)C)n1. The van der Waals surface area contributed by atoms with Crippen LogP contribution in [0.3, 0.4) is 0 Å². The van der Waals surface area contributed by atoms with Gasteiger partial charge in [-0.05, 0) is 31.1 Å². The summed E-state index contributed by atoms with van der Waals surface area (Å²) in [6.07, 6.45) is 6.23. The largest absolute Gasteiger partial charge is 0.355 e. The number of imidazole rings is 1. The van der Waals surface area contributed by atoms with Gasteiger partial charge in [0.1, 0.15) is 0 Å². The summed E-state index contributed by atoms with van der Waals surface area (Å²) >= 11 is 0. The molecule has 19 heavy (non-hydrogen) atoms. The van der Waals surface area contributed by atoms with Crippen molar-refractivity contribution in [2.45, 2.75) is 59.9 Å². The van der Waals surface area contributed by atoms with Crippen LogP contribution in [0.4, 0.5) is 5.95 Å². The number of nitrogens with zero attached hydrogens (tertiary/aromatic N) is 2. The van der Waals surface area contributed by atoms with Gasteiger partial charge in [-0.25, -0.2) is 4.98 Å². The number of hydrogen-bond donors (Lipinski definition) is 1. The average Bonchev–Trinajstić information content (AvgIpc) is 2.71. The first-order valence-corrected chi connectivity index (χ1v) is 7.78. The third-order valence-electron chi connectivity index (χ3n) is 4.54. The first-order valence-electron chi connectivity index (χ1n) is 7.78. The van der Waals surface area contributed by atoms with Crippen LogP contribution in [0.25, 0.3) is 0 Å². The van der Waals surface area contributed by atoms with Crippen LogP contribution in [0.1, 0.15) is 58.7 Å². The van der Waals surface area contributed by atoms with Gasteiger partial charge in [0, 0.05) is 18.8 Å². The molecule has 1 aromatic rings. The molecule has 0 saturated heterocycles. The second kappa shape index (κ2) is 5.98. The van der Waals surface area contributed by atoms with Gasteiger partial charge in [0.25, 0.3) is 0 Å². The molecule has 1 heterocycles. The Morgan fingerprint density at radius 2 is 2.11 bits per heavy atom. The minimum absolute atomic E-state index is 0.611. The summed E-state index contributed by atoms with van der Waals surface area (Å²) in [5, 5.41) is 3.52. The van der Waals surface area contributed by atoms with E-state index in [0.29, 0.717) is 12.0 Å². The fourth-order valence-electron chi connectivity index (χ4n) is 3.14. The zero-order valence-corrected chi connectivity index (χ0v) is 13.1. The van der Waals surface area contributed by atoms with Gasteiger partial charge in [-0.1, -0.05) is 40.5 Å². The van der Waals surface area contributed by atoms with Gasteiger partial charge in [0.15, 0.2) is 0 Å². The minimum atomic E-state index is 0.611. The van der Waals surface area contributed by atoms with Crippen molar-refractivity contribution in [1.82, 2.24) is 9.55 Å². The van der Waals surface area contributed by atoms with Crippen LogP contribution in [0.2, 0.25) is 0 Å². The number of aryl methyl sites for hydroxylation is 1. The monoisotopic (exact) mass is 263 g/mol. The van der Waals surface area contributed by atoms with E-state index in [4.69, 9.17) is 0 Å². The van der Waals surface area contributed by atoms with Crippen LogP contribution in [0.15, 0.2) is 6.20 Å². The van der Waals surface area contributed by atoms with Gasteiger partial charge in [-0.2, -0.15) is 0 Å². The Morgan fingerprint density at radius 1 is 1.37 bits per heavy atom. The third kappa shape index (κ3) is 3.31. The Morgan fingerprint density at radius 3 is 2.79 bits per heavy atom. The standard InChI is InChI=1S/C16H29N3/c1-11(2)9-17-16-18-13(4)10-19(16)15-8-6-7-12(3)14(15)5/h10-12,14-15H,6-9H2,1-5H3,(H,17,18). The molecule has 1 N–H and O–H groups in total. The van der Waals surface area contributed by atoms with Crippen molar-refractivity contribution in [3.05, 3.63) is 11.9 Å². The summed E-state index contributed by atoms with van der Waals surface area (Å²) in [4.78, 5) is 4.67. The van der Waals surface area contributed by atoms with Crippen molar-refractivity contribution >= 4 is 5.95 Å². The summed E-state index contributed by atoms with van der Waals surface area (Å²) in [7, 11) is 0. The van der Waals surface area contributed by atoms with Crippen LogP contribution >= 0.6 is 0 Å². The highest BCUT2D eigenvalue weighted by Crippen LogP contribution is 2.39. The van der Waals surface area contributed by atoms with Crippen LogP contribution in [-0.4, -0.2) is 16.1 Å². The van der Waals surface area contributed by atoms with Crippen molar-refractivity contribution in [2.24, 2.45) is 17.8 Å². The van der Waals surface area contributed by atoms with Crippen LogP contribution in [0, 0.1) is 24.7 Å². The van der Waals surface area contributed by atoms with E-state index >= 15 is 0 Å². The summed E-state index contributed by atoms with van der Waals surface area (Å²) in [6.45, 7) is 12.3. The number of aromatic nitrogens is 2. The lowest BCUT2D eigenvalue weighted by Gasteiger charge is -2.35. The van der Waals surface area contributed by atoms with E-state index < -0.39 is 0 Å². The lowest BCUT2D eigenvalue weighted by atomic mass is 9.78. The summed E-state index contributed by atoms with van der Waals surface area (Å²) in [6, 6.07) is 0.611. The first kappa shape index (κ1) is 14.4. The highest BCUT2D eigenvalue weighted by atomic mass is 15.2. The molecule has 1 aromatic heterocycles. The second-order valence-electron chi connectivity index (χ2n) is 6.72. The Kier molecular flexibility index (Phi) is 4.54. The average molecular weight is 263 g/mol. The van der Waals surface area contributed by atoms with Crippen molar-refractivity contribution in [3.8, 4) is 0 Å². The molecule has 0 bridgehead atoms. The fraction of sp³-hybridized carbons (Fsp3) is 0.812. The van der Waals surface area contributed by atoms with Crippen LogP contribution < -0.4 is 5.32 Å². The lowest BCUT2D eigenvalue weighted by Crippen LogP contribution is -2.28. The first-order chi connectivity index (χ1) is 8.99. The molecular formula is C16H29N3. The van der Waals surface area contributed by atoms with Gasteiger partial charge >= 0.3 is 0 Å². The Hall–Kier alpha value is -0.990. The van der Waals surface area contributed by atoms with Gasteiger partial charge in [0.2, 0.25) is 5.95 Å². The third-order valence-corrected chi connectivity index (χ3v) is 4.54. The molecule has 0 radical (unpaired) electrons. The molecule has 3 nitrogen and oxygen atoms in total. The maximum Gasteiger partial charge on any atom is 0.203 e. The molecule has 0 amide bonds. The Balaban J connectivity index is 2.18. The van der Waals surface area contributed by atoms with Crippen LogP contribution in [0.5, 0.6) is 0 Å². The predicted molar refractivity (Wildman–Crippen MR) is 81.5 cm³/mol. The second-order valence-corrected chi connectivity index (χ2v) is 6.72. The highest BCUT2D eigenvalue weighted by Gasteiger charge is 2.29. The Bertz CT molecular complexity index is 408. The van der Waals surface area contributed by atoms with Crippen molar-refractivity contribution in [2.75, 3.05) is 11.9 Å². The molecule has 3 atom stereocenters. The lowest BCUT2D eigenvalue weighted by molar-refractivity contribution is 0.187. The van der Waals surface area contributed by atoms with E-state index in [1.165, 1.54) is 19.3 Å². The fourth-order valence-corrected chi connectivity index (χ4v) is 3.14. The van der Waals surface area contributed by atoms with Gasteiger partial charge in [0.05, 0.1) is 5.69 Å². The quantitative estimate of drug-likeness (QED) is 0.879. The van der Waals surface area contributed by atoms with Gasteiger partial charge < -0.3 is 9.88 Å². The zero-order valence-electron chi connectivity index (χ0n) is 13.1. The van der Waals surface area contributed by atoms with E-state index in [2.05, 4.69) is 55.7 Å². The van der Waals surface area contributed by atoms with E-state index in [9.17, 15) is 0 Å². The maximum absolute atomic E-state index is 4.67. The van der Waals surface area contributed by atoms with E-state index in [-0.39, 0.29) is 0 Å². The van der Waals surface area contributed by atoms with Crippen molar-refractivity contribution < 1.29 is 0 Å². The highest BCUT2D eigenvalue weighted by molar-refractivity contribution is 5.30. The zero-order chi connectivity index (χ0) is 14.0. The Labute approximate surface area is 117 Å². The molecule has 0 aliphatic heterocycles. The number of rotatable bonds is 4. The van der Waals surface area contributed by atoms with Crippen molar-refractivity contribution in [1.29, 1.82) is 0 Å². The molecular weight excluding hydrogens is 234 g/mol. The molecule has 108 valence electrons. The number of hydrogen-bond acceptors (Lipinski definition) is 2. The molecule has 1 fully saturated rings. The predicted octanol–water partition coefficient (Wildman–Crippen LogP) is 4.26. The van der Waals surface area contributed by atoms with Crippen LogP contribution in [-0.2, 0) is 0 Å². The topological polar surface area (TPSA) is 29.9 Å². The molecule has 3 heteroatoms. The molecule has 2 rings (SSSR count). The minimum Gasteiger partial charge on any atom is -0.355 e. The van der Waals surface area contributed by atoms with E-state index in [0.717, 1.165) is 30.0 Å². The number of anilines is 1. The van der Waals surface area contributed by atoms with Gasteiger partial charge in [-0.3, -0.25) is 0 Å². The molecule has 0 spiro atoms. The molecule has 1 aliphatic carbocycles. The summed E-state index contributed by atoms with van der Waals surface area (Å²) in [5.41, 5.74) is 1.12. The number of nitrogens with one attached hydrogen (secondary N) is 1. The molecule has 3 unspecified atom stereocenters. The summed E-state index contributed by atoms with van der Waals surface area (Å²) < 4.78 is 2.40. The van der Waals surface area contributed by atoms with Crippen molar-refractivity contribution in [3.63, 3.8) is 0 Å². The molecule has 1 saturated carbocycles. The van der Waals surface area contributed by atoms with E-state index in [1.807, 2.05) is 0 Å².